The average Bonchev–Trinajstić information content (AvgIpc) is 2.90. The van der Waals surface area contributed by atoms with E-state index in [1.54, 1.807) is 0 Å². The molecule has 0 aromatic carbocycles. The zero-order valence-electron chi connectivity index (χ0n) is 12.7. The van der Waals surface area contributed by atoms with E-state index < -0.39 is 0 Å². The first kappa shape index (κ1) is 15.1. The second-order valence-electron chi connectivity index (χ2n) is 5.41. The molecule has 0 saturated heterocycles. The minimum absolute atomic E-state index is 0.144. The highest BCUT2D eigenvalue weighted by Gasteiger charge is 2.16. The lowest BCUT2D eigenvalue weighted by molar-refractivity contribution is 0.343. The molecule has 0 spiro atoms. The topological polar surface area (TPSA) is 111 Å². The molecule has 9 nitrogen and oxygen atoms in total. The molecule has 1 atom stereocenters. The maximum atomic E-state index is 5.74. The van der Waals surface area contributed by atoms with E-state index in [0.717, 1.165) is 6.54 Å². The normalized spacial score (nSPS) is 12.9. The van der Waals surface area contributed by atoms with Crippen molar-refractivity contribution in [3.05, 3.63) is 12.7 Å². The number of nitrogen functional groups attached to an aromatic ring is 1. The monoisotopic (exact) mass is 291 g/mol. The van der Waals surface area contributed by atoms with Crippen LogP contribution in [0.2, 0.25) is 0 Å². The van der Waals surface area contributed by atoms with Crippen LogP contribution in [0.1, 0.15) is 13.8 Å². The number of hydrogen-bond donors (Lipinski definition) is 2. The first-order valence-electron chi connectivity index (χ1n) is 6.73. The third-order valence-corrected chi connectivity index (χ3v) is 2.95. The van der Waals surface area contributed by atoms with Crippen LogP contribution in [-0.4, -0.2) is 61.3 Å². The molecule has 2 rings (SSSR count). The Morgan fingerprint density at radius 2 is 2.05 bits per heavy atom. The summed E-state index contributed by atoms with van der Waals surface area (Å²) in [6.45, 7) is 5.15. The van der Waals surface area contributed by atoms with E-state index in [9.17, 15) is 0 Å². The Morgan fingerprint density at radius 3 is 2.62 bits per heavy atom. The maximum Gasteiger partial charge on any atom is 0.258 e. The number of nitrogens with zero attached hydrogens (tertiary/aromatic N) is 7. The van der Waals surface area contributed by atoms with Gasteiger partial charge in [0.2, 0.25) is 11.9 Å². The van der Waals surface area contributed by atoms with Gasteiger partial charge in [-0.25, -0.2) is 4.98 Å². The molecule has 0 amide bonds. The lowest BCUT2D eigenvalue weighted by Crippen LogP contribution is -2.37. The Kier molecular flexibility index (Phi) is 4.63. The third kappa shape index (κ3) is 4.09. The van der Waals surface area contributed by atoms with Gasteiger partial charge in [-0.05, 0) is 20.0 Å². The van der Waals surface area contributed by atoms with E-state index in [2.05, 4.69) is 49.1 Å². The molecule has 0 bridgehead atoms. The number of rotatable bonds is 6. The molecule has 2 aromatic rings. The first-order valence-corrected chi connectivity index (χ1v) is 6.73. The van der Waals surface area contributed by atoms with Crippen molar-refractivity contribution in [2.24, 2.45) is 5.92 Å². The van der Waals surface area contributed by atoms with E-state index in [1.807, 2.05) is 14.1 Å². The Balaban J connectivity index is 2.23. The summed E-state index contributed by atoms with van der Waals surface area (Å²) in [6, 6.07) is 0.199. The summed E-state index contributed by atoms with van der Waals surface area (Å²) in [6.07, 6.45) is 2.92. The van der Waals surface area contributed by atoms with E-state index in [-0.39, 0.29) is 12.0 Å². The average molecular weight is 291 g/mol. The molecule has 1 unspecified atom stereocenters. The molecule has 0 aliphatic rings. The highest BCUT2D eigenvalue weighted by Crippen LogP contribution is 2.11. The predicted octanol–water partition coefficient (Wildman–Crippen LogP) is 0.0326. The summed E-state index contributed by atoms with van der Waals surface area (Å²) in [4.78, 5) is 18.5. The summed E-state index contributed by atoms with van der Waals surface area (Å²) < 4.78 is 1.44. The highest BCUT2D eigenvalue weighted by atomic mass is 15.4. The van der Waals surface area contributed by atoms with E-state index in [1.165, 1.54) is 17.3 Å². The van der Waals surface area contributed by atoms with Crippen molar-refractivity contribution in [2.45, 2.75) is 19.9 Å². The fourth-order valence-corrected chi connectivity index (χ4v) is 1.84. The van der Waals surface area contributed by atoms with Crippen LogP contribution in [0.5, 0.6) is 0 Å². The smallest absolute Gasteiger partial charge is 0.258 e. The van der Waals surface area contributed by atoms with Crippen molar-refractivity contribution in [1.29, 1.82) is 0 Å². The Bertz CT molecular complexity index is 564. The van der Waals surface area contributed by atoms with Gasteiger partial charge in [0.1, 0.15) is 12.7 Å². The maximum absolute atomic E-state index is 5.74. The highest BCUT2D eigenvalue weighted by molar-refractivity contribution is 5.35. The second kappa shape index (κ2) is 6.44. The number of nitrogens with two attached hydrogens (primary N) is 1. The summed E-state index contributed by atoms with van der Waals surface area (Å²) in [7, 11) is 4.05. The fraction of sp³-hybridized carbons (Fsp3) is 0.583. The molecular weight excluding hydrogens is 270 g/mol. The zero-order chi connectivity index (χ0) is 15.4. The molecule has 0 radical (unpaired) electrons. The van der Waals surface area contributed by atoms with Gasteiger partial charge in [-0.1, -0.05) is 13.8 Å². The standard InChI is InChI=1S/C12H21N9/c1-8(2)9(5-20(3)4)16-11-17-10(13)18-12(19-11)21-7-14-6-15-21/h6-9H,5H2,1-4H3,(H3,13,16,17,18,19). The molecule has 0 saturated carbocycles. The largest absolute Gasteiger partial charge is 0.368 e. The Labute approximate surface area is 123 Å². The van der Waals surface area contributed by atoms with Crippen molar-refractivity contribution < 1.29 is 0 Å². The van der Waals surface area contributed by atoms with Crippen molar-refractivity contribution in [1.82, 2.24) is 34.6 Å². The lowest BCUT2D eigenvalue weighted by atomic mass is 10.0. The van der Waals surface area contributed by atoms with Crippen LogP contribution >= 0.6 is 0 Å². The van der Waals surface area contributed by atoms with Gasteiger partial charge in [-0.2, -0.15) is 24.7 Å². The molecule has 0 fully saturated rings. The molecule has 114 valence electrons. The van der Waals surface area contributed by atoms with E-state index in [0.29, 0.717) is 17.8 Å². The van der Waals surface area contributed by atoms with Crippen LogP contribution < -0.4 is 11.1 Å². The number of aromatic nitrogens is 6. The van der Waals surface area contributed by atoms with Crippen LogP contribution in [0.3, 0.4) is 0 Å². The second-order valence-corrected chi connectivity index (χ2v) is 5.41. The van der Waals surface area contributed by atoms with Gasteiger partial charge in [0.05, 0.1) is 0 Å². The van der Waals surface area contributed by atoms with Crippen LogP contribution in [0.4, 0.5) is 11.9 Å². The summed E-state index contributed by atoms with van der Waals surface area (Å²) in [5.74, 6) is 1.34. The van der Waals surface area contributed by atoms with Gasteiger partial charge in [-0.15, -0.1) is 0 Å². The molecule has 2 heterocycles. The zero-order valence-corrected chi connectivity index (χ0v) is 12.7. The lowest BCUT2D eigenvalue weighted by Gasteiger charge is -2.25. The van der Waals surface area contributed by atoms with Crippen LogP contribution in [0.25, 0.3) is 5.95 Å². The number of hydrogen-bond acceptors (Lipinski definition) is 8. The molecular formula is C12H21N9. The third-order valence-electron chi connectivity index (χ3n) is 2.95. The summed E-state index contributed by atoms with van der Waals surface area (Å²) in [5.41, 5.74) is 5.74. The Hall–Kier alpha value is -2.29. The van der Waals surface area contributed by atoms with Gasteiger partial charge in [-0.3, -0.25) is 0 Å². The molecule has 3 N–H and O–H groups in total. The molecule has 2 aromatic heterocycles. The molecule has 21 heavy (non-hydrogen) atoms. The minimum atomic E-state index is 0.144. The summed E-state index contributed by atoms with van der Waals surface area (Å²) >= 11 is 0. The van der Waals surface area contributed by atoms with Crippen molar-refractivity contribution in [3.63, 3.8) is 0 Å². The van der Waals surface area contributed by atoms with Gasteiger partial charge < -0.3 is 16.0 Å². The summed E-state index contributed by atoms with van der Waals surface area (Å²) in [5, 5.41) is 7.30. The van der Waals surface area contributed by atoms with Crippen LogP contribution in [0.15, 0.2) is 12.7 Å². The van der Waals surface area contributed by atoms with Gasteiger partial charge in [0, 0.05) is 12.6 Å². The van der Waals surface area contributed by atoms with Gasteiger partial charge in [0.25, 0.3) is 5.95 Å². The van der Waals surface area contributed by atoms with Crippen molar-refractivity contribution in [2.75, 3.05) is 31.7 Å². The van der Waals surface area contributed by atoms with Gasteiger partial charge in [0.15, 0.2) is 0 Å². The predicted molar refractivity (Wildman–Crippen MR) is 80.0 cm³/mol. The van der Waals surface area contributed by atoms with Crippen LogP contribution in [0, 0.1) is 5.92 Å². The SMILES string of the molecule is CC(C)C(CN(C)C)Nc1nc(N)nc(-n2cncn2)n1. The van der Waals surface area contributed by atoms with E-state index in [4.69, 9.17) is 5.73 Å². The fourth-order valence-electron chi connectivity index (χ4n) is 1.84. The van der Waals surface area contributed by atoms with Crippen molar-refractivity contribution >= 4 is 11.9 Å². The van der Waals surface area contributed by atoms with Crippen molar-refractivity contribution in [3.8, 4) is 5.95 Å². The molecule has 9 heteroatoms. The molecule has 0 aliphatic heterocycles. The number of anilines is 2. The quantitative estimate of drug-likeness (QED) is 0.767. The Morgan fingerprint density at radius 1 is 1.29 bits per heavy atom. The number of likely N-dealkylation sites (N-methyl/N-ethyl adjacent to an activating group) is 1. The molecule has 0 aliphatic carbocycles. The first-order chi connectivity index (χ1) is 9.95. The van der Waals surface area contributed by atoms with E-state index >= 15 is 0 Å². The van der Waals surface area contributed by atoms with Gasteiger partial charge >= 0.3 is 0 Å². The number of nitrogens with one attached hydrogen (secondary N) is 1. The minimum Gasteiger partial charge on any atom is -0.368 e. The van der Waals surface area contributed by atoms with Crippen LogP contribution in [-0.2, 0) is 0 Å².